The van der Waals surface area contributed by atoms with Crippen molar-refractivity contribution in [2.24, 2.45) is 5.41 Å². The number of allylic oxidation sites excluding steroid dienone is 4. The zero-order valence-corrected chi connectivity index (χ0v) is 20.2. The Morgan fingerprint density at radius 1 is 0.794 bits per heavy atom. The van der Waals surface area contributed by atoms with Gasteiger partial charge in [-0.05, 0) is 62.3 Å². The van der Waals surface area contributed by atoms with Crippen LogP contribution < -0.4 is 0 Å². The highest BCUT2D eigenvalue weighted by atomic mass is 16.8. The van der Waals surface area contributed by atoms with Crippen molar-refractivity contribution in [3.63, 3.8) is 0 Å². The van der Waals surface area contributed by atoms with Crippen LogP contribution in [0.25, 0.3) is 12.2 Å². The van der Waals surface area contributed by atoms with Gasteiger partial charge in [0.2, 0.25) is 0 Å². The van der Waals surface area contributed by atoms with Crippen LogP contribution in [0.5, 0.6) is 0 Å². The quantitative estimate of drug-likeness (QED) is 0.505. The van der Waals surface area contributed by atoms with Gasteiger partial charge in [0, 0.05) is 0 Å². The number of hydrogen-bond donors (Lipinski definition) is 0. The van der Waals surface area contributed by atoms with E-state index in [2.05, 4.69) is 60.7 Å². The van der Waals surface area contributed by atoms with Crippen LogP contribution >= 0.6 is 0 Å². The number of benzene rings is 2. The first-order valence-electron chi connectivity index (χ1n) is 12.1. The molecule has 3 nitrogen and oxygen atoms in total. The molecule has 1 spiro atoms. The number of ketones is 1. The van der Waals surface area contributed by atoms with E-state index < -0.39 is 22.9 Å². The maximum Gasteiger partial charge on any atom is 0.180 e. The Hall–Kier alpha value is -3.01. The molecule has 0 radical (unpaired) electrons. The van der Waals surface area contributed by atoms with E-state index in [1.807, 2.05) is 57.2 Å². The van der Waals surface area contributed by atoms with E-state index in [4.69, 9.17) is 9.47 Å². The van der Waals surface area contributed by atoms with Crippen LogP contribution in [0.3, 0.4) is 0 Å². The molecule has 3 fully saturated rings. The number of ether oxygens (including phenoxy) is 2. The zero-order chi connectivity index (χ0) is 23.8. The summed E-state index contributed by atoms with van der Waals surface area (Å²) in [5.74, 6) is -0.824. The van der Waals surface area contributed by atoms with Gasteiger partial charge in [0.25, 0.3) is 0 Å². The molecule has 0 amide bonds. The lowest BCUT2D eigenvalue weighted by atomic mass is 9.66. The van der Waals surface area contributed by atoms with E-state index in [1.165, 1.54) is 0 Å². The van der Waals surface area contributed by atoms with Crippen molar-refractivity contribution >= 4 is 17.9 Å². The lowest BCUT2D eigenvalue weighted by Gasteiger charge is -2.47. The zero-order valence-electron chi connectivity index (χ0n) is 20.2. The molecular formula is C31H32O3. The van der Waals surface area contributed by atoms with E-state index in [9.17, 15) is 4.79 Å². The molecule has 3 aliphatic rings. The van der Waals surface area contributed by atoms with Crippen LogP contribution in [0.2, 0.25) is 0 Å². The lowest BCUT2D eigenvalue weighted by Crippen LogP contribution is -2.59. The predicted molar refractivity (Wildman–Crippen MR) is 137 cm³/mol. The second-order valence-corrected chi connectivity index (χ2v) is 10.0. The molecule has 2 saturated heterocycles. The molecular weight excluding hydrogens is 420 g/mol. The monoisotopic (exact) mass is 452 g/mol. The minimum atomic E-state index is -0.948. The second kappa shape index (κ2) is 8.65. The van der Waals surface area contributed by atoms with Crippen LogP contribution in [0, 0.1) is 5.41 Å². The van der Waals surface area contributed by atoms with Gasteiger partial charge in [0.15, 0.2) is 17.7 Å². The summed E-state index contributed by atoms with van der Waals surface area (Å²) in [6, 6.07) is 20.5. The molecule has 2 heterocycles. The van der Waals surface area contributed by atoms with Gasteiger partial charge >= 0.3 is 0 Å². The normalized spacial score (nSPS) is 32.7. The fourth-order valence-electron chi connectivity index (χ4n) is 5.37. The summed E-state index contributed by atoms with van der Waals surface area (Å²) in [6.07, 6.45) is 14.7. The number of carbonyl (C=O) groups is 1. The van der Waals surface area contributed by atoms with Crippen molar-refractivity contribution in [1.29, 1.82) is 0 Å². The van der Waals surface area contributed by atoms with E-state index in [0.717, 1.165) is 41.5 Å². The fraction of sp³-hybridized carbons (Fsp3) is 0.323. The van der Waals surface area contributed by atoms with Gasteiger partial charge in [-0.1, -0.05) is 97.1 Å². The topological polar surface area (TPSA) is 35.5 Å². The highest BCUT2D eigenvalue weighted by Gasteiger charge is 2.74. The number of rotatable bonds is 4. The summed E-state index contributed by atoms with van der Waals surface area (Å²) in [5.41, 5.74) is 2.98. The molecule has 174 valence electrons. The molecule has 0 N–H and O–H groups in total. The Balaban J connectivity index is 1.55. The van der Waals surface area contributed by atoms with Crippen LogP contribution in [-0.2, 0) is 14.3 Å². The minimum absolute atomic E-state index is 0.124. The summed E-state index contributed by atoms with van der Waals surface area (Å²) in [7, 11) is 0. The fourth-order valence-corrected chi connectivity index (χ4v) is 5.37. The molecule has 2 aromatic rings. The molecule has 1 aliphatic carbocycles. The van der Waals surface area contributed by atoms with Gasteiger partial charge < -0.3 is 9.47 Å². The molecule has 3 heteroatoms. The van der Waals surface area contributed by atoms with Gasteiger partial charge in [-0.3, -0.25) is 4.79 Å². The highest BCUT2D eigenvalue weighted by Crippen LogP contribution is 2.61. The van der Waals surface area contributed by atoms with Crippen LogP contribution in [0.1, 0.15) is 51.2 Å². The number of hydrogen-bond acceptors (Lipinski definition) is 3. The lowest BCUT2D eigenvalue weighted by molar-refractivity contribution is -0.211. The SMILES string of the molecule is CC1(C)C(=O)[C@@H]2O[C@@]1(C)OC21/C(=C/C=C/c2ccccc2)CCC/C1=C\C=C\c1ccccc1. The third-order valence-electron chi connectivity index (χ3n) is 7.67. The highest BCUT2D eigenvalue weighted by molar-refractivity contribution is 5.95. The predicted octanol–water partition coefficient (Wildman–Crippen LogP) is 6.93. The molecule has 2 atom stereocenters. The molecule has 0 aromatic heterocycles. The van der Waals surface area contributed by atoms with Crippen molar-refractivity contribution in [2.75, 3.05) is 0 Å². The number of Topliss-reactive ketones (excluding diaryl/α,β-unsaturated/α-hetero) is 1. The standard InChI is InChI=1S/C31H32O3/c1-29(2)27(32)28-31(34-30(29,3)33-28)25(19-10-17-23-13-6-4-7-14-23)21-12-22-26(31)20-11-18-24-15-8-5-9-16-24/h4-11,13-20,28H,12,21-22H2,1-3H3/b17-10+,18-11+,25-19+,26-20+/t28-,30-/m0/s1. The summed E-state index contributed by atoms with van der Waals surface area (Å²) in [6.45, 7) is 5.79. The average Bonchev–Trinajstić information content (AvgIpc) is 3.25. The van der Waals surface area contributed by atoms with Gasteiger partial charge in [-0.25, -0.2) is 0 Å². The van der Waals surface area contributed by atoms with Gasteiger partial charge in [-0.15, -0.1) is 0 Å². The first-order chi connectivity index (χ1) is 16.4. The smallest absolute Gasteiger partial charge is 0.180 e. The van der Waals surface area contributed by atoms with Crippen LogP contribution in [-0.4, -0.2) is 23.3 Å². The summed E-state index contributed by atoms with van der Waals surface area (Å²) < 4.78 is 13.2. The summed E-state index contributed by atoms with van der Waals surface area (Å²) in [4.78, 5) is 13.6. The molecule has 0 unspecified atom stereocenters. The Morgan fingerprint density at radius 2 is 1.29 bits per heavy atom. The van der Waals surface area contributed by atoms with E-state index >= 15 is 0 Å². The van der Waals surface area contributed by atoms with E-state index in [1.54, 1.807) is 0 Å². The van der Waals surface area contributed by atoms with Crippen molar-refractivity contribution in [1.82, 2.24) is 0 Å². The number of fused-ring (bicyclic) bond motifs is 3. The third-order valence-corrected chi connectivity index (χ3v) is 7.67. The molecule has 1 saturated carbocycles. The van der Waals surface area contributed by atoms with Crippen molar-refractivity contribution in [3.05, 3.63) is 107 Å². The van der Waals surface area contributed by atoms with Crippen LogP contribution in [0.4, 0.5) is 0 Å². The number of carbonyl (C=O) groups excluding carboxylic acids is 1. The first-order valence-corrected chi connectivity index (χ1v) is 12.1. The van der Waals surface area contributed by atoms with Gasteiger partial charge in [0.1, 0.15) is 5.60 Å². The van der Waals surface area contributed by atoms with Crippen molar-refractivity contribution in [2.45, 2.75) is 57.5 Å². The molecule has 2 bridgehead atoms. The summed E-state index contributed by atoms with van der Waals surface area (Å²) in [5, 5.41) is 0. The molecule has 5 rings (SSSR count). The van der Waals surface area contributed by atoms with Gasteiger partial charge in [-0.2, -0.15) is 0 Å². The Labute approximate surface area is 202 Å². The molecule has 2 aliphatic heterocycles. The maximum atomic E-state index is 13.6. The Kier molecular flexibility index (Phi) is 5.79. The van der Waals surface area contributed by atoms with E-state index in [-0.39, 0.29) is 5.78 Å². The van der Waals surface area contributed by atoms with E-state index in [0.29, 0.717) is 0 Å². The largest absolute Gasteiger partial charge is 0.334 e. The Morgan fingerprint density at radius 3 is 1.74 bits per heavy atom. The molecule has 2 aromatic carbocycles. The van der Waals surface area contributed by atoms with Crippen LogP contribution in [0.15, 0.2) is 96.1 Å². The average molecular weight is 453 g/mol. The maximum absolute atomic E-state index is 13.6. The Bertz CT molecular complexity index is 1120. The molecule has 34 heavy (non-hydrogen) atoms. The second-order valence-electron chi connectivity index (χ2n) is 10.0. The van der Waals surface area contributed by atoms with Gasteiger partial charge in [0.05, 0.1) is 5.41 Å². The summed E-state index contributed by atoms with van der Waals surface area (Å²) >= 11 is 0. The minimum Gasteiger partial charge on any atom is -0.334 e. The van der Waals surface area contributed by atoms with Crippen molar-refractivity contribution < 1.29 is 14.3 Å². The first kappa shape index (κ1) is 22.8. The van der Waals surface area contributed by atoms with Crippen molar-refractivity contribution in [3.8, 4) is 0 Å². The third kappa shape index (κ3) is 3.64.